The minimum absolute atomic E-state index is 0. The molecule has 0 spiro atoms. The molecular formula is C17H25ClN4O2. The zero-order valence-electron chi connectivity index (χ0n) is 14.5. The number of aromatic nitrogens is 2. The number of carbonyl (C=O) groups is 1. The Hall–Kier alpha value is -2.05. The number of nitrogens with two attached hydrogens (primary N) is 1. The fourth-order valence-electron chi connectivity index (χ4n) is 2.41. The lowest BCUT2D eigenvalue weighted by Crippen LogP contribution is -2.39. The molecule has 2 aromatic rings. The molecule has 0 aliphatic heterocycles. The Kier molecular flexibility index (Phi) is 6.81. The van der Waals surface area contributed by atoms with Crippen LogP contribution in [0.5, 0.6) is 5.75 Å². The first-order valence-electron chi connectivity index (χ1n) is 7.51. The summed E-state index contributed by atoms with van der Waals surface area (Å²) in [6, 6.07) is 7.50. The zero-order chi connectivity index (χ0) is 17.0. The zero-order valence-corrected chi connectivity index (χ0v) is 15.3. The first-order valence-corrected chi connectivity index (χ1v) is 7.51. The summed E-state index contributed by atoms with van der Waals surface area (Å²) in [4.78, 5) is 14.4. The van der Waals surface area contributed by atoms with Crippen molar-refractivity contribution in [1.82, 2.24) is 15.1 Å². The molecule has 0 fully saturated rings. The number of rotatable bonds is 6. The maximum Gasteiger partial charge on any atom is 0.257 e. The molecule has 0 aliphatic rings. The molecular weight excluding hydrogens is 328 g/mol. The van der Waals surface area contributed by atoms with Gasteiger partial charge >= 0.3 is 0 Å². The van der Waals surface area contributed by atoms with Gasteiger partial charge in [-0.05, 0) is 36.2 Å². The summed E-state index contributed by atoms with van der Waals surface area (Å²) < 4.78 is 5.16. The summed E-state index contributed by atoms with van der Waals surface area (Å²) in [7, 11) is 3.40. The van der Waals surface area contributed by atoms with Crippen LogP contribution in [0.4, 0.5) is 0 Å². The topological polar surface area (TPSA) is 84.2 Å². The van der Waals surface area contributed by atoms with Gasteiger partial charge in [-0.3, -0.25) is 9.89 Å². The molecule has 0 aliphatic carbocycles. The van der Waals surface area contributed by atoms with Gasteiger partial charge in [0.2, 0.25) is 0 Å². The van der Waals surface area contributed by atoms with Gasteiger partial charge in [0.1, 0.15) is 5.75 Å². The number of nitrogens with one attached hydrogen (secondary N) is 1. The molecule has 3 N–H and O–H groups in total. The highest BCUT2D eigenvalue weighted by Crippen LogP contribution is 2.25. The maximum atomic E-state index is 12.7. The molecule has 0 bridgehead atoms. The summed E-state index contributed by atoms with van der Waals surface area (Å²) in [5.41, 5.74) is 7.76. The predicted octanol–water partition coefficient (Wildman–Crippen LogP) is 2.56. The van der Waals surface area contributed by atoms with Crippen molar-refractivity contribution in [2.75, 3.05) is 27.2 Å². The highest BCUT2D eigenvalue weighted by atomic mass is 35.5. The van der Waals surface area contributed by atoms with E-state index in [1.165, 1.54) is 0 Å². The van der Waals surface area contributed by atoms with Crippen LogP contribution in [0.3, 0.4) is 0 Å². The van der Waals surface area contributed by atoms with Crippen LogP contribution in [0.25, 0.3) is 11.3 Å². The first-order chi connectivity index (χ1) is 10.9. The Morgan fingerprint density at radius 2 is 1.96 bits per heavy atom. The molecule has 0 unspecified atom stereocenters. The maximum absolute atomic E-state index is 12.7. The van der Waals surface area contributed by atoms with Gasteiger partial charge in [-0.1, -0.05) is 13.8 Å². The second-order valence-corrected chi connectivity index (χ2v) is 6.42. The standard InChI is InChI=1S/C17H24N4O2.ClH/c1-17(2,10-18)11-21(3)16(22)14-9-19-20-15(14)12-5-7-13(23-4)8-6-12;/h5-9H,10-11,18H2,1-4H3,(H,19,20);1H. The Bertz CT molecular complexity index is 667. The molecule has 6 nitrogen and oxygen atoms in total. The van der Waals surface area contributed by atoms with Crippen molar-refractivity contribution in [3.63, 3.8) is 0 Å². The SMILES string of the molecule is COc1ccc(-c2[nH]ncc2C(=O)N(C)CC(C)(C)CN)cc1.Cl. The molecule has 1 aromatic heterocycles. The van der Waals surface area contributed by atoms with E-state index in [1.54, 1.807) is 25.3 Å². The van der Waals surface area contributed by atoms with Crippen LogP contribution in [-0.4, -0.2) is 48.3 Å². The van der Waals surface area contributed by atoms with Crippen molar-refractivity contribution in [2.45, 2.75) is 13.8 Å². The van der Waals surface area contributed by atoms with Gasteiger partial charge < -0.3 is 15.4 Å². The van der Waals surface area contributed by atoms with Gasteiger partial charge in [-0.2, -0.15) is 5.10 Å². The minimum atomic E-state index is -0.131. The van der Waals surface area contributed by atoms with E-state index in [2.05, 4.69) is 10.2 Å². The largest absolute Gasteiger partial charge is 0.497 e. The van der Waals surface area contributed by atoms with Crippen molar-refractivity contribution in [1.29, 1.82) is 0 Å². The molecule has 24 heavy (non-hydrogen) atoms. The fraction of sp³-hybridized carbons (Fsp3) is 0.412. The van der Waals surface area contributed by atoms with E-state index in [-0.39, 0.29) is 23.7 Å². The molecule has 0 atom stereocenters. The Labute approximate surface area is 148 Å². The molecule has 0 saturated carbocycles. The Morgan fingerprint density at radius 1 is 1.33 bits per heavy atom. The fourth-order valence-corrected chi connectivity index (χ4v) is 2.41. The van der Waals surface area contributed by atoms with Gasteiger partial charge in [-0.25, -0.2) is 0 Å². The van der Waals surface area contributed by atoms with Crippen LogP contribution < -0.4 is 10.5 Å². The summed E-state index contributed by atoms with van der Waals surface area (Å²) >= 11 is 0. The molecule has 1 aromatic carbocycles. The molecule has 1 heterocycles. The summed E-state index contributed by atoms with van der Waals surface area (Å²) in [6.45, 7) is 5.17. The number of hydrogen-bond donors (Lipinski definition) is 2. The van der Waals surface area contributed by atoms with Crippen LogP contribution >= 0.6 is 12.4 Å². The van der Waals surface area contributed by atoms with E-state index in [1.807, 2.05) is 38.1 Å². The van der Waals surface area contributed by atoms with Crippen molar-refractivity contribution >= 4 is 18.3 Å². The number of H-pyrrole nitrogens is 1. The van der Waals surface area contributed by atoms with Crippen LogP contribution in [-0.2, 0) is 0 Å². The molecule has 1 amide bonds. The number of carbonyl (C=O) groups excluding carboxylic acids is 1. The molecule has 0 saturated heterocycles. The minimum Gasteiger partial charge on any atom is -0.497 e. The second kappa shape index (κ2) is 8.17. The third-order valence-electron chi connectivity index (χ3n) is 3.81. The Balaban J connectivity index is 0.00000288. The van der Waals surface area contributed by atoms with Gasteiger partial charge in [0.15, 0.2) is 0 Å². The van der Waals surface area contributed by atoms with Gasteiger partial charge in [0.05, 0.1) is 24.6 Å². The average molecular weight is 353 g/mol. The lowest BCUT2D eigenvalue weighted by Gasteiger charge is -2.29. The van der Waals surface area contributed by atoms with E-state index in [0.29, 0.717) is 24.3 Å². The lowest BCUT2D eigenvalue weighted by atomic mass is 9.93. The normalized spacial score (nSPS) is 10.9. The number of hydrogen-bond acceptors (Lipinski definition) is 4. The third-order valence-corrected chi connectivity index (χ3v) is 3.81. The number of methoxy groups -OCH3 is 1. The van der Waals surface area contributed by atoms with Crippen molar-refractivity contribution < 1.29 is 9.53 Å². The third kappa shape index (κ3) is 4.49. The number of amides is 1. The van der Waals surface area contributed by atoms with E-state index >= 15 is 0 Å². The summed E-state index contributed by atoms with van der Waals surface area (Å²) in [5.74, 6) is 0.689. The second-order valence-electron chi connectivity index (χ2n) is 6.42. The van der Waals surface area contributed by atoms with E-state index in [4.69, 9.17) is 10.5 Å². The monoisotopic (exact) mass is 352 g/mol. The van der Waals surface area contributed by atoms with Crippen LogP contribution in [0, 0.1) is 5.41 Å². The highest BCUT2D eigenvalue weighted by Gasteiger charge is 2.24. The summed E-state index contributed by atoms with van der Waals surface area (Å²) in [5, 5.41) is 6.94. The van der Waals surface area contributed by atoms with Crippen molar-refractivity contribution in [2.24, 2.45) is 11.1 Å². The highest BCUT2D eigenvalue weighted by molar-refractivity contribution is 5.99. The van der Waals surface area contributed by atoms with Gasteiger partial charge in [0, 0.05) is 19.2 Å². The number of benzene rings is 1. The Morgan fingerprint density at radius 3 is 2.50 bits per heavy atom. The quantitative estimate of drug-likeness (QED) is 0.836. The van der Waals surface area contributed by atoms with Crippen LogP contribution in [0.15, 0.2) is 30.5 Å². The molecule has 0 radical (unpaired) electrons. The van der Waals surface area contributed by atoms with E-state index in [9.17, 15) is 4.79 Å². The molecule has 7 heteroatoms. The number of nitrogens with zero attached hydrogens (tertiary/aromatic N) is 2. The van der Waals surface area contributed by atoms with Crippen LogP contribution in [0.2, 0.25) is 0 Å². The smallest absolute Gasteiger partial charge is 0.257 e. The number of ether oxygens (including phenoxy) is 1. The first kappa shape index (κ1) is 20.0. The van der Waals surface area contributed by atoms with Crippen molar-refractivity contribution in [3.05, 3.63) is 36.0 Å². The van der Waals surface area contributed by atoms with Gasteiger partial charge in [-0.15, -0.1) is 12.4 Å². The van der Waals surface area contributed by atoms with Crippen molar-refractivity contribution in [3.8, 4) is 17.0 Å². The average Bonchev–Trinajstić information content (AvgIpc) is 3.03. The van der Waals surface area contributed by atoms with Gasteiger partial charge in [0.25, 0.3) is 5.91 Å². The predicted molar refractivity (Wildman–Crippen MR) is 97.6 cm³/mol. The number of halogens is 1. The van der Waals surface area contributed by atoms with E-state index < -0.39 is 0 Å². The summed E-state index contributed by atoms with van der Waals surface area (Å²) in [6.07, 6.45) is 1.56. The molecule has 2 rings (SSSR count). The lowest BCUT2D eigenvalue weighted by molar-refractivity contribution is 0.0741. The molecule has 132 valence electrons. The number of aromatic amines is 1. The van der Waals surface area contributed by atoms with E-state index in [0.717, 1.165) is 11.3 Å². The van der Waals surface area contributed by atoms with Crippen LogP contribution in [0.1, 0.15) is 24.2 Å².